The van der Waals surface area contributed by atoms with Crippen molar-refractivity contribution in [3.05, 3.63) is 35.9 Å². The van der Waals surface area contributed by atoms with Gasteiger partial charge in [0.25, 0.3) is 0 Å². The molecule has 0 fully saturated rings. The molecule has 0 spiro atoms. The summed E-state index contributed by atoms with van der Waals surface area (Å²) >= 11 is 0. The summed E-state index contributed by atoms with van der Waals surface area (Å²) in [4.78, 5) is 12.0. The average Bonchev–Trinajstić information content (AvgIpc) is 2.39. The van der Waals surface area contributed by atoms with Gasteiger partial charge in [-0.25, -0.2) is 0 Å². The van der Waals surface area contributed by atoms with Crippen LogP contribution in [0.5, 0.6) is 0 Å². The lowest BCUT2D eigenvalue weighted by Gasteiger charge is -2.27. The van der Waals surface area contributed by atoms with Gasteiger partial charge in [-0.1, -0.05) is 30.3 Å². The smallest absolute Gasteiger partial charge is 0.323 e. The van der Waals surface area contributed by atoms with Crippen LogP contribution in [0.3, 0.4) is 0 Å². The Labute approximate surface area is 119 Å². The van der Waals surface area contributed by atoms with Crippen LogP contribution in [0.25, 0.3) is 0 Å². The van der Waals surface area contributed by atoms with Crippen molar-refractivity contribution in [1.82, 2.24) is 5.32 Å². The van der Waals surface area contributed by atoms with Crippen molar-refractivity contribution in [2.75, 3.05) is 6.61 Å². The first-order valence-corrected chi connectivity index (χ1v) is 6.65. The molecule has 5 nitrogen and oxygen atoms in total. The van der Waals surface area contributed by atoms with Gasteiger partial charge in [0.15, 0.2) is 0 Å². The monoisotopic (exact) mass is 278 g/mol. The maximum absolute atomic E-state index is 12.0. The van der Waals surface area contributed by atoms with Crippen molar-refractivity contribution in [2.45, 2.75) is 38.8 Å². The molecule has 0 saturated carbocycles. The Bertz CT molecular complexity index is 444. The molecular formula is C15H22N2O3. The minimum Gasteiger partial charge on any atom is -0.465 e. The van der Waals surface area contributed by atoms with E-state index in [1.807, 2.05) is 44.2 Å². The van der Waals surface area contributed by atoms with E-state index in [1.165, 1.54) is 6.21 Å². The second-order valence-corrected chi connectivity index (χ2v) is 5.10. The van der Waals surface area contributed by atoms with Gasteiger partial charge in [0, 0.05) is 0 Å². The molecule has 0 aliphatic rings. The van der Waals surface area contributed by atoms with Crippen LogP contribution < -0.4 is 5.32 Å². The fourth-order valence-corrected chi connectivity index (χ4v) is 1.92. The molecular weight excluding hydrogens is 256 g/mol. The van der Waals surface area contributed by atoms with Gasteiger partial charge in [-0.2, -0.15) is 0 Å². The Morgan fingerprint density at radius 1 is 1.45 bits per heavy atom. The van der Waals surface area contributed by atoms with Crippen molar-refractivity contribution in [1.29, 1.82) is 0 Å². The Kier molecular flexibility index (Phi) is 6.18. The van der Waals surface area contributed by atoms with E-state index in [0.717, 1.165) is 5.56 Å². The third-order valence-electron chi connectivity index (χ3n) is 2.78. The number of rotatable bonds is 7. The van der Waals surface area contributed by atoms with Gasteiger partial charge < -0.3 is 9.94 Å². The molecule has 110 valence electrons. The molecule has 1 atom stereocenters. The number of nitrogens with one attached hydrogen (secondary N) is 1. The van der Waals surface area contributed by atoms with Gasteiger partial charge in [0.2, 0.25) is 0 Å². The summed E-state index contributed by atoms with van der Waals surface area (Å²) in [5.74, 6) is -0.309. The minimum atomic E-state index is -0.610. The van der Waals surface area contributed by atoms with Gasteiger partial charge >= 0.3 is 5.97 Å². The van der Waals surface area contributed by atoms with Gasteiger partial charge in [0.1, 0.15) is 6.04 Å². The van der Waals surface area contributed by atoms with Crippen LogP contribution in [-0.4, -0.2) is 35.6 Å². The lowest BCUT2D eigenvalue weighted by Crippen LogP contribution is -2.52. The molecule has 0 aliphatic heterocycles. The van der Waals surface area contributed by atoms with E-state index >= 15 is 0 Å². The third-order valence-corrected chi connectivity index (χ3v) is 2.78. The van der Waals surface area contributed by atoms with Gasteiger partial charge in [-0.05, 0) is 32.8 Å². The lowest BCUT2D eigenvalue weighted by molar-refractivity contribution is -0.146. The van der Waals surface area contributed by atoms with Crippen molar-refractivity contribution in [3.8, 4) is 0 Å². The molecule has 20 heavy (non-hydrogen) atoms. The number of nitrogens with zero attached hydrogens (tertiary/aromatic N) is 1. The molecule has 0 heterocycles. The Morgan fingerprint density at radius 3 is 2.65 bits per heavy atom. The lowest BCUT2D eigenvalue weighted by atomic mass is 10.0. The summed E-state index contributed by atoms with van der Waals surface area (Å²) < 4.78 is 5.09. The molecule has 1 aromatic carbocycles. The molecule has 2 N–H and O–H groups in total. The molecule has 1 unspecified atom stereocenters. The highest BCUT2D eigenvalue weighted by Crippen LogP contribution is 2.09. The van der Waals surface area contributed by atoms with E-state index < -0.39 is 11.6 Å². The van der Waals surface area contributed by atoms with Crippen LogP contribution in [0.1, 0.15) is 26.3 Å². The zero-order chi connectivity index (χ0) is 15.0. The predicted octanol–water partition coefficient (Wildman–Crippen LogP) is 1.99. The molecule has 0 bridgehead atoms. The summed E-state index contributed by atoms with van der Waals surface area (Å²) in [5.41, 5.74) is 0.427. The summed E-state index contributed by atoms with van der Waals surface area (Å²) in [6, 6.07) is 9.21. The van der Waals surface area contributed by atoms with Crippen molar-refractivity contribution in [3.63, 3.8) is 0 Å². The second kappa shape index (κ2) is 7.65. The van der Waals surface area contributed by atoms with Crippen LogP contribution in [-0.2, 0) is 16.0 Å². The molecule has 1 aromatic rings. The number of oxime groups is 1. The molecule has 0 saturated heterocycles. The Morgan fingerprint density at radius 2 is 2.10 bits per heavy atom. The van der Waals surface area contributed by atoms with E-state index in [-0.39, 0.29) is 5.97 Å². The van der Waals surface area contributed by atoms with Crippen molar-refractivity contribution >= 4 is 12.2 Å². The standard InChI is InChI=1S/C15H22N2O3/c1-4-20-14(18)13(17-15(2,3)11-16-19)10-12-8-6-5-7-9-12/h5-9,11,13,17,19H,4,10H2,1-3H3. The van der Waals surface area contributed by atoms with Gasteiger partial charge in [0.05, 0.1) is 18.4 Å². The fourth-order valence-electron chi connectivity index (χ4n) is 1.92. The van der Waals surface area contributed by atoms with Crippen LogP contribution in [0.4, 0.5) is 0 Å². The van der Waals surface area contributed by atoms with E-state index in [9.17, 15) is 4.79 Å². The Hall–Kier alpha value is -1.88. The first-order chi connectivity index (χ1) is 9.48. The van der Waals surface area contributed by atoms with Crippen molar-refractivity contribution in [2.24, 2.45) is 5.16 Å². The highest BCUT2D eigenvalue weighted by molar-refractivity contribution is 5.78. The first kappa shape index (κ1) is 16.2. The summed E-state index contributed by atoms with van der Waals surface area (Å²) in [7, 11) is 0. The SMILES string of the molecule is CCOC(=O)C(Cc1ccccc1)NC(C)(C)C=NO. The van der Waals surface area contributed by atoms with E-state index in [0.29, 0.717) is 13.0 Å². The summed E-state index contributed by atoms with van der Waals surface area (Å²) in [6.07, 6.45) is 1.87. The number of carbonyl (C=O) groups excluding carboxylic acids is 1. The number of benzene rings is 1. The maximum Gasteiger partial charge on any atom is 0.323 e. The average molecular weight is 278 g/mol. The predicted molar refractivity (Wildman–Crippen MR) is 78.1 cm³/mol. The molecule has 0 radical (unpaired) electrons. The molecule has 1 rings (SSSR count). The van der Waals surface area contributed by atoms with Gasteiger partial charge in [-0.15, -0.1) is 5.16 Å². The first-order valence-electron chi connectivity index (χ1n) is 6.65. The van der Waals surface area contributed by atoms with Crippen molar-refractivity contribution < 1.29 is 14.7 Å². The minimum absolute atomic E-state index is 0.309. The van der Waals surface area contributed by atoms with Gasteiger partial charge in [-0.3, -0.25) is 10.1 Å². The third kappa shape index (κ3) is 5.40. The highest BCUT2D eigenvalue weighted by Gasteiger charge is 2.27. The van der Waals surface area contributed by atoms with E-state index in [2.05, 4.69) is 10.5 Å². The zero-order valence-electron chi connectivity index (χ0n) is 12.2. The number of esters is 1. The topological polar surface area (TPSA) is 70.9 Å². The van der Waals surface area contributed by atoms with Crippen LogP contribution in [0.15, 0.2) is 35.5 Å². The molecule has 0 aliphatic carbocycles. The number of hydrogen-bond donors (Lipinski definition) is 2. The Balaban J connectivity index is 2.83. The largest absolute Gasteiger partial charge is 0.465 e. The van der Waals surface area contributed by atoms with E-state index in [1.54, 1.807) is 6.92 Å². The second-order valence-electron chi connectivity index (χ2n) is 5.10. The van der Waals surface area contributed by atoms with E-state index in [4.69, 9.17) is 9.94 Å². The number of hydrogen-bond acceptors (Lipinski definition) is 5. The molecule has 0 amide bonds. The highest BCUT2D eigenvalue weighted by atomic mass is 16.5. The fraction of sp³-hybridized carbons (Fsp3) is 0.467. The maximum atomic E-state index is 12.0. The summed E-state index contributed by atoms with van der Waals surface area (Å²) in [5, 5.41) is 14.8. The van der Waals surface area contributed by atoms with Crippen LogP contribution in [0.2, 0.25) is 0 Å². The molecule has 5 heteroatoms. The zero-order valence-corrected chi connectivity index (χ0v) is 12.2. The summed E-state index contributed by atoms with van der Waals surface area (Å²) in [6.45, 7) is 5.76. The normalized spacial score (nSPS) is 13.3. The van der Waals surface area contributed by atoms with Crippen LogP contribution >= 0.6 is 0 Å². The molecule has 0 aromatic heterocycles. The number of carbonyl (C=O) groups is 1. The number of ether oxygens (including phenoxy) is 1. The van der Waals surface area contributed by atoms with Crippen LogP contribution in [0, 0.1) is 0 Å². The quantitative estimate of drug-likeness (QED) is 0.346.